The maximum absolute atomic E-state index is 11.4. The zero-order valence-corrected chi connectivity index (χ0v) is 15.4. The lowest BCUT2D eigenvalue weighted by atomic mass is 10.2. The van der Waals surface area contributed by atoms with Crippen LogP contribution in [-0.4, -0.2) is 27.5 Å². The number of para-hydroxylation sites is 1. The molecule has 0 unspecified atom stereocenters. The summed E-state index contributed by atoms with van der Waals surface area (Å²) in [4.78, 5) is 24.1. The molecule has 0 atom stereocenters. The van der Waals surface area contributed by atoms with Gasteiger partial charge in [-0.05, 0) is 37.3 Å². The molecular formula is C21H20N4O3. The van der Waals surface area contributed by atoms with Crippen LogP contribution in [0.5, 0.6) is 11.8 Å². The maximum atomic E-state index is 11.4. The highest BCUT2D eigenvalue weighted by Gasteiger charge is 2.07. The first-order chi connectivity index (χ1) is 13.7. The highest BCUT2D eigenvalue weighted by Crippen LogP contribution is 2.23. The Hall–Kier alpha value is -3.74. The Kier molecular flexibility index (Phi) is 6.67. The Morgan fingerprint density at radius 2 is 1.93 bits per heavy atom. The number of pyridine rings is 1. The second kappa shape index (κ2) is 9.82. The second-order valence-electron chi connectivity index (χ2n) is 5.63. The molecule has 0 saturated heterocycles. The van der Waals surface area contributed by atoms with Crippen LogP contribution in [0.15, 0.2) is 67.0 Å². The number of rotatable bonds is 8. The third-order valence-electron chi connectivity index (χ3n) is 3.63. The van der Waals surface area contributed by atoms with E-state index in [0.29, 0.717) is 24.6 Å². The summed E-state index contributed by atoms with van der Waals surface area (Å²) in [5.41, 5.74) is 1.48. The SMILES string of the molecule is CCOC(=O)C=Cc1ccnc(Oc2ccccc2CNc2ccccn2)n1. The van der Waals surface area contributed by atoms with Crippen LogP contribution in [0, 0.1) is 0 Å². The predicted octanol–water partition coefficient (Wildman–Crippen LogP) is 3.85. The molecule has 3 rings (SSSR count). The molecule has 0 saturated carbocycles. The molecule has 7 heteroatoms. The third kappa shape index (κ3) is 5.63. The van der Waals surface area contributed by atoms with Gasteiger partial charge in [-0.15, -0.1) is 0 Å². The van der Waals surface area contributed by atoms with Crippen molar-refractivity contribution in [3.63, 3.8) is 0 Å². The van der Waals surface area contributed by atoms with E-state index in [2.05, 4.69) is 20.3 Å². The number of hydrogen-bond donors (Lipinski definition) is 1. The van der Waals surface area contributed by atoms with Gasteiger partial charge in [0.2, 0.25) is 0 Å². The van der Waals surface area contributed by atoms with Crippen molar-refractivity contribution in [1.82, 2.24) is 15.0 Å². The van der Waals surface area contributed by atoms with Crippen LogP contribution in [0.4, 0.5) is 5.82 Å². The van der Waals surface area contributed by atoms with Crippen LogP contribution in [-0.2, 0) is 16.1 Å². The van der Waals surface area contributed by atoms with Gasteiger partial charge >= 0.3 is 12.0 Å². The van der Waals surface area contributed by atoms with Gasteiger partial charge in [0.15, 0.2) is 0 Å². The fraction of sp³-hybridized carbons (Fsp3) is 0.143. The summed E-state index contributed by atoms with van der Waals surface area (Å²) >= 11 is 0. The summed E-state index contributed by atoms with van der Waals surface area (Å²) in [7, 11) is 0. The third-order valence-corrected chi connectivity index (χ3v) is 3.63. The van der Waals surface area contributed by atoms with Crippen molar-refractivity contribution in [3.8, 4) is 11.8 Å². The zero-order valence-electron chi connectivity index (χ0n) is 15.4. The molecule has 0 aliphatic carbocycles. The van der Waals surface area contributed by atoms with Crippen molar-refractivity contribution in [2.24, 2.45) is 0 Å². The summed E-state index contributed by atoms with van der Waals surface area (Å²) in [6.45, 7) is 2.61. The number of aromatic nitrogens is 3. The van der Waals surface area contributed by atoms with Crippen molar-refractivity contribution in [2.45, 2.75) is 13.5 Å². The normalized spacial score (nSPS) is 10.6. The van der Waals surface area contributed by atoms with E-state index in [1.54, 1.807) is 31.5 Å². The average Bonchev–Trinajstić information content (AvgIpc) is 2.73. The fourth-order valence-corrected chi connectivity index (χ4v) is 2.34. The summed E-state index contributed by atoms with van der Waals surface area (Å²) in [5, 5.41) is 3.25. The van der Waals surface area contributed by atoms with E-state index in [1.165, 1.54) is 6.08 Å². The van der Waals surface area contributed by atoms with Crippen molar-refractivity contribution in [1.29, 1.82) is 0 Å². The van der Waals surface area contributed by atoms with Crippen LogP contribution in [0.2, 0.25) is 0 Å². The Morgan fingerprint density at radius 1 is 1.07 bits per heavy atom. The van der Waals surface area contributed by atoms with E-state index in [4.69, 9.17) is 9.47 Å². The van der Waals surface area contributed by atoms with Gasteiger partial charge in [-0.2, -0.15) is 4.98 Å². The smallest absolute Gasteiger partial charge is 0.330 e. The number of hydrogen-bond acceptors (Lipinski definition) is 7. The molecule has 1 N–H and O–H groups in total. The largest absolute Gasteiger partial charge is 0.463 e. The minimum Gasteiger partial charge on any atom is -0.463 e. The highest BCUT2D eigenvalue weighted by molar-refractivity contribution is 5.86. The van der Waals surface area contributed by atoms with Crippen LogP contribution in [0.1, 0.15) is 18.2 Å². The number of nitrogens with one attached hydrogen (secondary N) is 1. The number of nitrogens with zero attached hydrogens (tertiary/aromatic N) is 3. The molecule has 3 aromatic rings. The zero-order chi connectivity index (χ0) is 19.6. The minimum atomic E-state index is -0.422. The lowest BCUT2D eigenvalue weighted by Gasteiger charge is -2.11. The number of benzene rings is 1. The van der Waals surface area contributed by atoms with Crippen molar-refractivity contribution >= 4 is 17.9 Å². The molecular weight excluding hydrogens is 356 g/mol. The Bertz CT molecular complexity index is 945. The molecule has 2 aromatic heterocycles. The van der Waals surface area contributed by atoms with Crippen LogP contribution >= 0.6 is 0 Å². The van der Waals surface area contributed by atoms with E-state index in [9.17, 15) is 4.79 Å². The summed E-state index contributed by atoms with van der Waals surface area (Å²) < 4.78 is 10.7. The van der Waals surface area contributed by atoms with Gasteiger partial charge < -0.3 is 14.8 Å². The highest BCUT2D eigenvalue weighted by atomic mass is 16.5. The van der Waals surface area contributed by atoms with E-state index < -0.39 is 5.97 Å². The lowest BCUT2D eigenvalue weighted by molar-refractivity contribution is -0.137. The quantitative estimate of drug-likeness (QED) is 0.472. The monoisotopic (exact) mass is 376 g/mol. The Morgan fingerprint density at radius 3 is 2.75 bits per heavy atom. The second-order valence-corrected chi connectivity index (χ2v) is 5.63. The topological polar surface area (TPSA) is 86.2 Å². The number of carbonyl (C=O) groups excluding carboxylic acids is 1. The number of esters is 1. The molecule has 142 valence electrons. The van der Waals surface area contributed by atoms with E-state index >= 15 is 0 Å². The van der Waals surface area contributed by atoms with Crippen molar-refractivity contribution < 1.29 is 14.3 Å². The number of ether oxygens (including phenoxy) is 2. The van der Waals surface area contributed by atoms with Gasteiger partial charge in [0.05, 0.1) is 12.3 Å². The van der Waals surface area contributed by atoms with Gasteiger partial charge in [0.1, 0.15) is 11.6 Å². The average molecular weight is 376 g/mol. The van der Waals surface area contributed by atoms with Gasteiger partial charge in [-0.3, -0.25) is 0 Å². The first-order valence-corrected chi connectivity index (χ1v) is 8.83. The first-order valence-electron chi connectivity index (χ1n) is 8.83. The molecule has 7 nitrogen and oxygen atoms in total. The Labute approximate surface area is 163 Å². The first kappa shape index (κ1) is 19.0. The van der Waals surface area contributed by atoms with Crippen molar-refractivity contribution in [3.05, 3.63) is 78.3 Å². The predicted molar refractivity (Wildman–Crippen MR) is 106 cm³/mol. The molecule has 1 aromatic carbocycles. The fourth-order valence-electron chi connectivity index (χ4n) is 2.34. The number of carbonyl (C=O) groups is 1. The molecule has 0 aliphatic heterocycles. The molecule has 0 bridgehead atoms. The number of anilines is 1. The van der Waals surface area contributed by atoms with E-state index in [0.717, 1.165) is 11.4 Å². The van der Waals surface area contributed by atoms with Gasteiger partial charge in [-0.1, -0.05) is 24.3 Å². The molecule has 2 heterocycles. The van der Waals surface area contributed by atoms with Crippen molar-refractivity contribution in [2.75, 3.05) is 11.9 Å². The van der Waals surface area contributed by atoms with Crippen LogP contribution in [0.3, 0.4) is 0 Å². The summed E-state index contributed by atoms with van der Waals surface area (Å²) in [6, 6.07) is 15.2. The van der Waals surface area contributed by atoms with E-state index in [-0.39, 0.29) is 6.01 Å². The molecule has 28 heavy (non-hydrogen) atoms. The standard InChI is InChI=1S/C21H20N4O3/c1-2-27-20(26)11-10-17-12-14-23-21(25-17)28-18-8-4-3-7-16(18)15-24-19-9-5-6-13-22-19/h3-14H,2,15H2,1H3,(H,22,24). The maximum Gasteiger partial charge on any atom is 0.330 e. The summed E-state index contributed by atoms with van der Waals surface area (Å²) in [6.07, 6.45) is 6.18. The van der Waals surface area contributed by atoms with Crippen LogP contribution < -0.4 is 10.1 Å². The van der Waals surface area contributed by atoms with Crippen LogP contribution in [0.25, 0.3) is 6.08 Å². The van der Waals surface area contributed by atoms with E-state index in [1.807, 2.05) is 42.5 Å². The molecule has 0 fully saturated rings. The van der Waals surface area contributed by atoms with Gasteiger partial charge in [0, 0.05) is 30.6 Å². The molecule has 0 spiro atoms. The lowest BCUT2D eigenvalue weighted by Crippen LogP contribution is -2.03. The molecule has 0 aliphatic rings. The summed E-state index contributed by atoms with van der Waals surface area (Å²) in [5.74, 6) is 0.992. The molecule has 0 radical (unpaired) electrons. The van der Waals surface area contributed by atoms with Gasteiger partial charge in [0.25, 0.3) is 0 Å². The van der Waals surface area contributed by atoms with Gasteiger partial charge in [-0.25, -0.2) is 14.8 Å². The Balaban J connectivity index is 1.70. The minimum absolute atomic E-state index is 0.191. The molecule has 0 amide bonds.